The SMILES string of the molecule is O=C(O)N1[C@@H]2CCC[C@H]1[C@H](F)[C@@H](O)C2. The first-order chi connectivity index (χ1) is 6.61. The normalized spacial score (nSPS) is 42.3. The minimum Gasteiger partial charge on any atom is -0.465 e. The van der Waals surface area contributed by atoms with Crippen LogP contribution in [0.25, 0.3) is 0 Å². The van der Waals surface area contributed by atoms with E-state index in [2.05, 4.69) is 0 Å². The van der Waals surface area contributed by atoms with Gasteiger partial charge in [0, 0.05) is 6.04 Å². The van der Waals surface area contributed by atoms with Crippen LogP contribution in [-0.2, 0) is 0 Å². The molecule has 5 heteroatoms. The van der Waals surface area contributed by atoms with Crippen molar-refractivity contribution in [2.45, 2.75) is 50.0 Å². The quantitative estimate of drug-likeness (QED) is 0.617. The van der Waals surface area contributed by atoms with Crippen LogP contribution in [0, 0.1) is 0 Å². The van der Waals surface area contributed by atoms with Crippen LogP contribution in [0.15, 0.2) is 0 Å². The Bertz CT molecular complexity index is 248. The fraction of sp³-hybridized carbons (Fsp3) is 0.889. The lowest BCUT2D eigenvalue weighted by Crippen LogP contribution is -2.61. The maximum Gasteiger partial charge on any atom is 0.407 e. The number of nitrogens with zero attached hydrogens (tertiary/aromatic N) is 1. The minimum atomic E-state index is -1.41. The summed E-state index contributed by atoms with van der Waals surface area (Å²) in [6.45, 7) is 0. The van der Waals surface area contributed by atoms with Crippen molar-refractivity contribution in [1.29, 1.82) is 0 Å². The van der Waals surface area contributed by atoms with E-state index in [1.807, 2.05) is 0 Å². The molecule has 2 N–H and O–H groups in total. The number of aliphatic hydroxyl groups is 1. The summed E-state index contributed by atoms with van der Waals surface area (Å²) in [6, 6.07) is -0.816. The standard InChI is InChI=1S/C9H14FNO3/c10-8-6-3-1-2-5(4-7(8)12)11(6)9(13)14/h5-8,12H,1-4H2,(H,13,14)/t5-,6+,7+,8+/m1/s1. The number of alkyl halides is 1. The summed E-state index contributed by atoms with van der Waals surface area (Å²) < 4.78 is 13.5. The van der Waals surface area contributed by atoms with Crippen LogP contribution in [-0.4, -0.2) is 45.6 Å². The third-order valence-corrected chi connectivity index (χ3v) is 3.26. The van der Waals surface area contributed by atoms with Gasteiger partial charge in [-0.2, -0.15) is 0 Å². The first-order valence-corrected chi connectivity index (χ1v) is 4.94. The van der Waals surface area contributed by atoms with Gasteiger partial charge in [0.2, 0.25) is 0 Å². The highest BCUT2D eigenvalue weighted by atomic mass is 19.1. The van der Waals surface area contributed by atoms with E-state index >= 15 is 0 Å². The molecule has 0 saturated carbocycles. The van der Waals surface area contributed by atoms with E-state index in [4.69, 9.17) is 5.11 Å². The predicted molar refractivity (Wildman–Crippen MR) is 46.8 cm³/mol. The predicted octanol–water partition coefficient (Wildman–Crippen LogP) is 0.990. The number of hydrogen-bond acceptors (Lipinski definition) is 2. The number of carboxylic acid groups (broad SMARTS) is 1. The molecule has 0 aromatic heterocycles. The highest BCUT2D eigenvalue weighted by molar-refractivity contribution is 5.66. The average molecular weight is 203 g/mol. The van der Waals surface area contributed by atoms with E-state index in [9.17, 15) is 14.3 Å². The van der Waals surface area contributed by atoms with Gasteiger partial charge in [-0.05, 0) is 25.7 Å². The van der Waals surface area contributed by atoms with Gasteiger partial charge < -0.3 is 10.2 Å². The lowest BCUT2D eigenvalue weighted by molar-refractivity contribution is -0.0715. The Morgan fingerprint density at radius 1 is 1.43 bits per heavy atom. The Morgan fingerprint density at radius 2 is 2.14 bits per heavy atom. The largest absolute Gasteiger partial charge is 0.465 e. The fourth-order valence-corrected chi connectivity index (χ4v) is 2.62. The number of fused-ring (bicyclic) bond motifs is 2. The first kappa shape index (κ1) is 9.71. The van der Waals surface area contributed by atoms with Gasteiger partial charge in [-0.3, -0.25) is 4.90 Å². The Labute approximate surface area is 81.3 Å². The molecule has 0 unspecified atom stereocenters. The third-order valence-electron chi connectivity index (χ3n) is 3.26. The molecule has 2 fully saturated rings. The lowest BCUT2D eigenvalue weighted by Gasteiger charge is -2.47. The van der Waals surface area contributed by atoms with Gasteiger partial charge >= 0.3 is 6.09 Å². The van der Waals surface area contributed by atoms with Crippen LogP contribution >= 0.6 is 0 Å². The number of amides is 1. The molecule has 4 atom stereocenters. The van der Waals surface area contributed by atoms with E-state index in [1.54, 1.807) is 0 Å². The molecule has 1 amide bonds. The summed E-state index contributed by atoms with van der Waals surface area (Å²) in [7, 11) is 0. The summed E-state index contributed by atoms with van der Waals surface area (Å²) in [4.78, 5) is 12.1. The highest BCUT2D eigenvalue weighted by Gasteiger charge is 2.46. The summed E-state index contributed by atoms with van der Waals surface area (Å²) in [5, 5.41) is 18.3. The maximum absolute atomic E-state index is 13.5. The van der Waals surface area contributed by atoms with Gasteiger partial charge in [-0.1, -0.05) is 0 Å². The molecule has 0 aromatic rings. The van der Waals surface area contributed by atoms with Crippen molar-refractivity contribution in [3.05, 3.63) is 0 Å². The molecule has 0 aromatic carbocycles. The molecule has 80 valence electrons. The summed E-state index contributed by atoms with van der Waals surface area (Å²) in [5.41, 5.74) is 0. The smallest absolute Gasteiger partial charge is 0.407 e. The van der Waals surface area contributed by atoms with Gasteiger partial charge in [0.1, 0.15) is 6.17 Å². The number of carbonyl (C=O) groups is 1. The van der Waals surface area contributed by atoms with Gasteiger partial charge in [-0.15, -0.1) is 0 Å². The number of halogens is 1. The second-order valence-electron chi connectivity index (χ2n) is 4.09. The van der Waals surface area contributed by atoms with Crippen LogP contribution in [0.3, 0.4) is 0 Å². The van der Waals surface area contributed by atoms with Crippen LogP contribution in [0.5, 0.6) is 0 Å². The van der Waals surface area contributed by atoms with E-state index in [-0.39, 0.29) is 12.5 Å². The monoisotopic (exact) mass is 203 g/mol. The summed E-state index contributed by atoms with van der Waals surface area (Å²) >= 11 is 0. The summed E-state index contributed by atoms with van der Waals surface area (Å²) in [6.07, 6.45) is -1.10. The number of piperidine rings is 2. The Kier molecular flexibility index (Phi) is 2.34. The van der Waals surface area contributed by atoms with Crippen molar-refractivity contribution >= 4 is 6.09 Å². The van der Waals surface area contributed by atoms with Crippen LogP contribution in [0.1, 0.15) is 25.7 Å². The first-order valence-electron chi connectivity index (χ1n) is 4.94. The minimum absolute atomic E-state index is 0.187. The topological polar surface area (TPSA) is 60.8 Å². The van der Waals surface area contributed by atoms with Crippen LogP contribution < -0.4 is 0 Å². The van der Waals surface area contributed by atoms with E-state index in [0.29, 0.717) is 6.42 Å². The number of aliphatic hydroxyl groups excluding tert-OH is 1. The Hall–Kier alpha value is -0.840. The molecule has 0 spiro atoms. The fourth-order valence-electron chi connectivity index (χ4n) is 2.62. The van der Waals surface area contributed by atoms with Crippen molar-refractivity contribution < 1.29 is 19.4 Å². The van der Waals surface area contributed by atoms with Gasteiger partial charge in [0.15, 0.2) is 0 Å². The zero-order valence-electron chi connectivity index (χ0n) is 7.77. The molecule has 2 aliphatic heterocycles. The van der Waals surface area contributed by atoms with Crippen molar-refractivity contribution in [2.24, 2.45) is 0 Å². The van der Waals surface area contributed by atoms with Crippen LogP contribution in [0.4, 0.5) is 9.18 Å². The van der Waals surface area contributed by atoms with Gasteiger partial charge in [0.25, 0.3) is 0 Å². The molecule has 2 aliphatic rings. The van der Waals surface area contributed by atoms with Crippen molar-refractivity contribution in [3.8, 4) is 0 Å². The lowest BCUT2D eigenvalue weighted by atomic mass is 9.82. The Balaban J connectivity index is 2.22. The van der Waals surface area contributed by atoms with Gasteiger partial charge in [0.05, 0.1) is 12.1 Å². The van der Waals surface area contributed by atoms with Crippen LogP contribution in [0.2, 0.25) is 0 Å². The highest BCUT2D eigenvalue weighted by Crippen LogP contribution is 2.35. The average Bonchev–Trinajstić information content (AvgIpc) is 2.14. The third kappa shape index (κ3) is 1.35. The van der Waals surface area contributed by atoms with E-state index in [1.165, 1.54) is 4.90 Å². The van der Waals surface area contributed by atoms with Crippen molar-refractivity contribution in [3.63, 3.8) is 0 Å². The second kappa shape index (κ2) is 3.38. The zero-order chi connectivity index (χ0) is 10.3. The molecular formula is C9H14FNO3. The van der Waals surface area contributed by atoms with Crippen molar-refractivity contribution in [1.82, 2.24) is 4.90 Å². The molecule has 0 aliphatic carbocycles. The molecule has 14 heavy (non-hydrogen) atoms. The van der Waals surface area contributed by atoms with Gasteiger partial charge in [-0.25, -0.2) is 9.18 Å². The summed E-state index contributed by atoms with van der Waals surface area (Å²) in [5.74, 6) is 0. The molecular weight excluding hydrogens is 189 g/mol. The maximum atomic E-state index is 13.5. The number of hydrogen-bond donors (Lipinski definition) is 2. The molecule has 0 radical (unpaired) electrons. The zero-order valence-corrected chi connectivity index (χ0v) is 7.77. The Morgan fingerprint density at radius 3 is 2.79 bits per heavy atom. The van der Waals surface area contributed by atoms with Crippen molar-refractivity contribution in [2.75, 3.05) is 0 Å². The molecule has 4 nitrogen and oxygen atoms in total. The molecule has 2 heterocycles. The molecule has 2 rings (SSSR count). The second-order valence-corrected chi connectivity index (χ2v) is 4.09. The van der Waals surface area contributed by atoms with E-state index in [0.717, 1.165) is 12.8 Å². The van der Waals surface area contributed by atoms with E-state index < -0.39 is 24.4 Å². The molecule has 2 saturated heterocycles. The molecule has 2 bridgehead atoms. The number of rotatable bonds is 0.